The van der Waals surface area contributed by atoms with Gasteiger partial charge >= 0.3 is 0 Å². The van der Waals surface area contributed by atoms with Crippen LogP contribution in [0.5, 0.6) is 5.88 Å². The molecule has 0 radical (unpaired) electrons. The standard InChI is InChI=1S/C17H16N2O/c1-12(2)20-17-15-11-7-6-10-14(15)16(18-19-17)13-8-4-3-5-9-13/h3-12H,1-2H3. The van der Waals surface area contributed by atoms with Crippen molar-refractivity contribution in [2.24, 2.45) is 0 Å². The van der Waals surface area contributed by atoms with Gasteiger partial charge in [0.25, 0.3) is 0 Å². The zero-order chi connectivity index (χ0) is 13.9. The van der Waals surface area contributed by atoms with Crippen LogP contribution in [0.25, 0.3) is 22.0 Å². The van der Waals surface area contributed by atoms with Crippen molar-refractivity contribution in [2.45, 2.75) is 20.0 Å². The second-order valence-electron chi connectivity index (χ2n) is 4.93. The Balaban J connectivity index is 2.21. The van der Waals surface area contributed by atoms with Crippen LogP contribution in [0, 0.1) is 0 Å². The molecule has 0 bridgehead atoms. The van der Waals surface area contributed by atoms with Crippen LogP contribution in [-0.4, -0.2) is 16.3 Å². The van der Waals surface area contributed by atoms with Crippen LogP contribution in [0.4, 0.5) is 0 Å². The van der Waals surface area contributed by atoms with E-state index < -0.39 is 0 Å². The van der Waals surface area contributed by atoms with E-state index in [0.29, 0.717) is 5.88 Å². The largest absolute Gasteiger partial charge is 0.473 e. The molecule has 2 aromatic carbocycles. The van der Waals surface area contributed by atoms with Gasteiger partial charge in [0.2, 0.25) is 5.88 Å². The molecule has 0 aliphatic rings. The number of fused-ring (bicyclic) bond motifs is 1. The maximum absolute atomic E-state index is 5.74. The summed E-state index contributed by atoms with van der Waals surface area (Å²) in [7, 11) is 0. The lowest BCUT2D eigenvalue weighted by atomic mass is 10.1. The molecule has 0 atom stereocenters. The molecule has 0 fully saturated rings. The van der Waals surface area contributed by atoms with Crippen molar-refractivity contribution in [1.82, 2.24) is 10.2 Å². The molecule has 1 heterocycles. The van der Waals surface area contributed by atoms with E-state index in [1.165, 1.54) is 0 Å². The molecule has 3 nitrogen and oxygen atoms in total. The van der Waals surface area contributed by atoms with Gasteiger partial charge in [-0.25, -0.2) is 0 Å². The summed E-state index contributed by atoms with van der Waals surface area (Å²) in [6.07, 6.45) is 0.0790. The van der Waals surface area contributed by atoms with Gasteiger partial charge in [-0.1, -0.05) is 48.5 Å². The van der Waals surface area contributed by atoms with E-state index in [1.54, 1.807) is 0 Å². The maximum atomic E-state index is 5.74. The molecule has 3 rings (SSSR count). The number of nitrogens with zero attached hydrogens (tertiary/aromatic N) is 2. The van der Waals surface area contributed by atoms with Gasteiger partial charge in [0.15, 0.2) is 0 Å². The lowest BCUT2D eigenvalue weighted by molar-refractivity contribution is 0.233. The highest BCUT2D eigenvalue weighted by Crippen LogP contribution is 2.30. The Morgan fingerprint density at radius 2 is 1.45 bits per heavy atom. The van der Waals surface area contributed by atoms with Crippen LogP contribution in [0.2, 0.25) is 0 Å². The Hall–Kier alpha value is -2.42. The number of rotatable bonds is 3. The molecule has 1 aromatic heterocycles. The molecule has 100 valence electrons. The minimum Gasteiger partial charge on any atom is -0.473 e. The average molecular weight is 264 g/mol. The first kappa shape index (κ1) is 12.6. The average Bonchev–Trinajstić information content (AvgIpc) is 2.48. The summed E-state index contributed by atoms with van der Waals surface area (Å²) in [6.45, 7) is 3.98. The van der Waals surface area contributed by atoms with Crippen molar-refractivity contribution in [2.75, 3.05) is 0 Å². The molecule has 0 aliphatic carbocycles. The van der Waals surface area contributed by atoms with E-state index in [2.05, 4.69) is 16.3 Å². The Labute approximate surface area is 118 Å². The normalized spacial score (nSPS) is 10.9. The molecule has 0 unspecified atom stereocenters. The quantitative estimate of drug-likeness (QED) is 0.714. The summed E-state index contributed by atoms with van der Waals surface area (Å²) in [4.78, 5) is 0. The lowest BCUT2D eigenvalue weighted by Gasteiger charge is -2.12. The lowest BCUT2D eigenvalue weighted by Crippen LogP contribution is -2.08. The monoisotopic (exact) mass is 264 g/mol. The first-order valence-corrected chi connectivity index (χ1v) is 6.73. The number of hydrogen-bond donors (Lipinski definition) is 0. The molecular weight excluding hydrogens is 248 g/mol. The minimum atomic E-state index is 0.0790. The minimum absolute atomic E-state index is 0.0790. The van der Waals surface area contributed by atoms with Crippen molar-refractivity contribution < 1.29 is 4.74 Å². The number of aromatic nitrogens is 2. The molecule has 3 heteroatoms. The van der Waals surface area contributed by atoms with Crippen LogP contribution in [0.3, 0.4) is 0 Å². The van der Waals surface area contributed by atoms with Crippen LogP contribution in [-0.2, 0) is 0 Å². The SMILES string of the molecule is CC(C)Oc1nnc(-c2ccccc2)c2ccccc12. The highest BCUT2D eigenvalue weighted by Gasteiger charge is 2.12. The molecule has 0 spiro atoms. The highest BCUT2D eigenvalue weighted by atomic mass is 16.5. The van der Waals surface area contributed by atoms with Crippen molar-refractivity contribution in [3.05, 3.63) is 54.6 Å². The van der Waals surface area contributed by atoms with Gasteiger partial charge < -0.3 is 4.74 Å². The molecule has 0 saturated carbocycles. The summed E-state index contributed by atoms with van der Waals surface area (Å²) < 4.78 is 5.74. The zero-order valence-corrected chi connectivity index (χ0v) is 11.6. The number of hydrogen-bond acceptors (Lipinski definition) is 3. The molecule has 0 aliphatic heterocycles. The molecule has 0 N–H and O–H groups in total. The molecule has 0 amide bonds. The summed E-state index contributed by atoms with van der Waals surface area (Å²) in [5, 5.41) is 10.7. The Bertz CT molecular complexity index is 723. The van der Waals surface area contributed by atoms with Gasteiger partial charge in [-0.05, 0) is 19.9 Å². The first-order chi connectivity index (χ1) is 9.75. The third kappa shape index (κ3) is 2.35. The van der Waals surface area contributed by atoms with Gasteiger partial charge in [0, 0.05) is 16.3 Å². The molecule has 0 saturated heterocycles. The van der Waals surface area contributed by atoms with Crippen LogP contribution < -0.4 is 4.74 Å². The van der Waals surface area contributed by atoms with E-state index in [1.807, 2.05) is 62.4 Å². The fraction of sp³-hybridized carbons (Fsp3) is 0.176. The van der Waals surface area contributed by atoms with Crippen molar-refractivity contribution in [3.8, 4) is 17.1 Å². The van der Waals surface area contributed by atoms with Crippen LogP contribution in [0.15, 0.2) is 54.6 Å². The van der Waals surface area contributed by atoms with Gasteiger partial charge in [0.1, 0.15) is 5.69 Å². The third-order valence-corrected chi connectivity index (χ3v) is 3.05. The van der Waals surface area contributed by atoms with Gasteiger partial charge in [-0.2, -0.15) is 0 Å². The van der Waals surface area contributed by atoms with Crippen molar-refractivity contribution >= 4 is 10.8 Å². The highest BCUT2D eigenvalue weighted by molar-refractivity contribution is 5.96. The Kier molecular flexibility index (Phi) is 3.33. The summed E-state index contributed by atoms with van der Waals surface area (Å²) in [5.74, 6) is 0.593. The third-order valence-electron chi connectivity index (χ3n) is 3.05. The summed E-state index contributed by atoms with van der Waals surface area (Å²) in [6, 6.07) is 18.2. The second-order valence-corrected chi connectivity index (χ2v) is 4.93. The maximum Gasteiger partial charge on any atom is 0.241 e. The second kappa shape index (κ2) is 5.29. The number of ether oxygens (including phenoxy) is 1. The van der Waals surface area contributed by atoms with E-state index in [4.69, 9.17) is 4.74 Å². The van der Waals surface area contributed by atoms with Crippen molar-refractivity contribution in [1.29, 1.82) is 0 Å². The van der Waals surface area contributed by atoms with E-state index in [0.717, 1.165) is 22.0 Å². The number of benzene rings is 2. The van der Waals surface area contributed by atoms with E-state index in [-0.39, 0.29) is 6.10 Å². The fourth-order valence-corrected chi connectivity index (χ4v) is 2.20. The fourth-order valence-electron chi connectivity index (χ4n) is 2.20. The van der Waals surface area contributed by atoms with E-state index >= 15 is 0 Å². The molecule has 20 heavy (non-hydrogen) atoms. The van der Waals surface area contributed by atoms with Crippen molar-refractivity contribution in [3.63, 3.8) is 0 Å². The predicted octanol–water partition coefficient (Wildman–Crippen LogP) is 4.08. The van der Waals surface area contributed by atoms with Gasteiger partial charge in [-0.3, -0.25) is 0 Å². The van der Waals surface area contributed by atoms with Gasteiger partial charge in [0.05, 0.1) is 6.10 Å². The Morgan fingerprint density at radius 3 is 2.15 bits per heavy atom. The smallest absolute Gasteiger partial charge is 0.241 e. The first-order valence-electron chi connectivity index (χ1n) is 6.73. The summed E-state index contributed by atoms with van der Waals surface area (Å²) >= 11 is 0. The summed E-state index contributed by atoms with van der Waals surface area (Å²) in [5.41, 5.74) is 1.95. The van der Waals surface area contributed by atoms with Gasteiger partial charge in [-0.15, -0.1) is 10.2 Å². The molecular formula is C17H16N2O. The Morgan fingerprint density at radius 1 is 0.800 bits per heavy atom. The topological polar surface area (TPSA) is 35.0 Å². The predicted molar refractivity (Wildman–Crippen MR) is 80.7 cm³/mol. The van der Waals surface area contributed by atoms with E-state index in [9.17, 15) is 0 Å². The van der Waals surface area contributed by atoms with Crippen LogP contribution >= 0.6 is 0 Å². The zero-order valence-electron chi connectivity index (χ0n) is 11.6. The van der Waals surface area contributed by atoms with Crippen LogP contribution in [0.1, 0.15) is 13.8 Å². The molecule has 3 aromatic rings.